The standard InChI is InChI=1S/C27H19Cl2NO8/c1-14(31)36-21-9-5-16(12-24(21)35-3)25-30-20(27(33)38-25)10-15-4-8-22(23(11-15)34-2)37-26(32)18-7-6-17(28)13-19(18)29/h4-13H,1-3H3/b20-10-. The predicted octanol–water partition coefficient (Wildman–Crippen LogP) is 5.50. The fraction of sp³-hybridized carbons (Fsp3) is 0.111. The molecule has 0 unspecified atom stereocenters. The molecule has 1 heterocycles. The number of rotatable bonds is 7. The Hall–Kier alpha value is -4.34. The van der Waals surface area contributed by atoms with Gasteiger partial charge in [-0.15, -0.1) is 0 Å². The molecule has 38 heavy (non-hydrogen) atoms. The molecule has 4 rings (SSSR count). The number of ether oxygens (including phenoxy) is 5. The van der Waals surface area contributed by atoms with Gasteiger partial charge in [0.25, 0.3) is 0 Å². The number of hydrogen-bond donors (Lipinski definition) is 0. The Kier molecular flexibility index (Phi) is 7.99. The van der Waals surface area contributed by atoms with Crippen molar-refractivity contribution in [3.63, 3.8) is 0 Å². The minimum Gasteiger partial charge on any atom is -0.493 e. The van der Waals surface area contributed by atoms with Crippen LogP contribution in [0.1, 0.15) is 28.4 Å². The summed E-state index contributed by atoms with van der Waals surface area (Å²) in [6, 6.07) is 13.7. The lowest BCUT2D eigenvalue weighted by atomic mass is 10.1. The van der Waals surface area contributed by atoms with Crippen molar-refractivity contribution in [2.45, 2.75) is 6.92 Å². The van der Waals surface area contributed by atoms with Crippen LogP contribution in [0.2, 0.25) is 10.0 Å². The van der Waals surface area contributed by atoms with E-state index in [9.17, 15) is 14.4 Å². The summed E-state index contributed by atoms with van der Waals surface area (Å²) in [5.41, 5.74) is 1.14. The Morgan fingerprint density at radius 3 is 2.24 bits per heavy atom. The van der Waals surface area contributed by atoms with Gasteiger partial charge in [-0.25, -0.2) is 14.6 Å². The highest BCUT2D eigenvalue weighted by Gasteiger charge is 2.25. The lowest BCUT2D eigenvalue weighted by Gasteiger charge is -2.11. The number of cyclic esters (lactones) is 1. The van der Waals surface area contributed by atoms with Crippen molar-refractivity contribution in [1.29, 1.82) is 0 Å². The zero-order valence-electron chi connectivity index (χ0n) is 20.2. The van der Waals surface area contributed by atoms with E-state index in [-0.39, 0.29) is 45.2 Å². The van der Waals surface area contributed by atoms with Gasteiger partial charge in [-0.1, -0.05) is 29.3 Å². The van der Waals surface area contributed by atoms with Crippen LogP contribution in [0.5, 0.6) is 23.0 Å². The molecule has 1 aliphatic heterocycles. The lowest BCUT2D eigenvalue weighted by molar-refractivity contribution is -0.132. The summed E-state index contributed by atoms with van der Waals surface area (Å²) in [5, 5.41) is 0.533. The molecule has 0 fully saturated rings. The van der Waals surface area contributed by atoms with E-state index in [1.54, 1.807) is 18.2 Å². The molecule has 194 valence electrons. The molecule has 3 aromatic carbocycles. The molecule has 0 saturated heterocycles. The van der Waals surface area contributed by atoms with Crippen molar-refractivity contribution < 1.29 is 38.1 Å². The SMILES string of the molecule is COc1cc(C2=N/C(=C\c3ccc(OC(=O)c4ccc(Cl)cc4Cl)c(OC)c3)C(=O)O2)ccc1OC(C)=O. The van der Waals surface area contributed by atoms with Gasteiger partial charge in [0.2, 0.25) is 5.90 Å². The monoisotopic (exact) mass is 555 g/mol. The maximum atomic E-state index is 12.6. The number of halogens is 2. The molecule has 0 atom stereocenters. The molecular weight excluding hydrogens is 537 g/mol. The van der Waals surface area contributed by atoms with E-state index in [1.165, 1.54) is 63.6 Å². The number of carbonyl (C=O) groups excluding carboxylic acids is 3. The smallest absolute Gasteiger partial charge is 0.363 e. The Morgan fingerprint density at radius 1 is 0.868 bits per heavy atom. The van der Waals surface area contributed by atoms with Crippen LogP contribution in [0.15, 0.2) is 65.3 Å². The van der Waals surface area contributed by atoms with Gasteiger partial charge in [0, 0.05) is 17.5 Å². The van der Waals surface area contributed by atoms with Crippen LogP contribution >= 0.6 is 23.2 Å². The number of methoxy groups -OCH3 is 2. The molecule has 11 heteroatoms. The fourth-order valence-electron chi connectivity index (χ4n) is 3.40. The third-order valence-electron chi connectivity index (χ3n) is 5.13. The van der Waals surface area contributed by atoms with Crippen LogP contribution in [0.4, 0.5) is 0 Å². The van der Waals surface area contributed by atoms with Crippen molar-refractivity contribution in [2.75, 3.05) is 14.2 Å². The van der Waals surface area contributed by atoms with Gasteiger partial charge >= 0.3 is 17.9 Å². The van der Waals surface area contributed by atoms with Crippen molar-refractivity contribution in [2.24, 2.45) is 4.99 Å². The fourth-order valence-corrected chi connectivity index (χ4v) is 3.88. The molecule has 0 amide bonds. The van der Waals surface area contributed by atoms with Crippen molar-refractivity contribution in [3.05, 3.63) is 87.0 Å². The van der Waals surface area contributed by atoms with Crippen LogP contribution in [0, 0.1) is 0 Å². The molecule has 9 nitrogen and oxygen atoms in total. The molecule has 1 aliphatic rings. The Labute approximate surface area is 227 Å². The number of aliphatic imine (C=N–C) groups is 1. The van der Waals surface area contributed by atoms with Crippen molar-refractivity contribution in [3.8, 4) is 23.0 Å². The second-order valence-electron chi connectivity index (χ2n) is 7.72. The summed E-state index contributed by atoms with van der Waals surface area (Å²) in [6.45, 7) is 1.27. The van der Waals surface area contributed by atoms with Crippen molar-refractivity contribution >= 4 is 53.1 Å². The zero-order valence-corrected chi connectivity index (χ0v) is 21.8. The van der Waals surface area contributed by atoms with Gasteiger partial charge in [-0.05, 0) is 60.2 Å². The minimum absolute atomic E-state index is 0.0303. The van der Waals surface area contributed by atoms with Crippen LogP contribution in [0.3, 0.4) is 0 Å². The number of hydrogen-bond acceptors (Lipinski definition) is 9. The third kappa shape index (κ3) is 5.96. The van der Waals surface area contributed by atoms with Crippen molar-refractivity contribution in [1.82, 2.24) is 0 Å². The second kappa shape index (κ2) is 11.4. The Bertz CT molecular complexity index is 1510. The average molecular weight is 556 g/mol. The molecule has 0 saturated carbocycles. The number of esters is 3. The van der Waals surface area contributed by atoms with E-state index in [0.29, 0.717) is 16.1 Å². The quantitative estimate of drug-likeness (QED) is 0.213. The largest absolute Gasteiger partial charge is 0.493 e. The zero-order chi connectivity index (χ0) is 27.4. The summed E-state index contributed by atoms with van der Waals surface area (Å²) < 4.78 is 26.4. The van der Waals surface area contributed by atoms with E-state index in [0.717, 1.165) is 0 Å². The highest BCUT2D eigenvalue weighted by Crippen LogP contribution is 2.33. The van der Waals surface area contributed by atoms with Crippen LogP contribution in [-0.2, 0) is 14.3 Å². The first-order valence-corrected chi connectivity index (χ1v) is 11.7. The highest BCUT2D eigenvalue weighted by atomic mass is 35.5. The first-order valence-electron chi connectivity index (χ1n) is 10.9. The van der Waals surface area contributed by atoms with E-state index in [1.807, 2.05) is 0 Å². The highest BCUT2D eigenvalue weighted by molar-refractivity contribution is 6.36. The molecule has 0 aliphatic carbocycles. The van der Waals surface area contributed by atoms with Crippen LogP contribution in [0.25, 0.3) is 6.08 Å². The molecule has 0 N–H and O–H groups in total. The Balaban J connectivity index is 1.57. The lowest BCUT2D eigenvalue weighted by Crippen LogP contribution is -2.10. The first-order chi connectivity index (χ1) is 18.2. The van der Waals surface area contributed by atoms with E-state index in [4.69, 9.17) is 46.9 Å². The number of carbonyl (C=O) groups is 3. The van der Waals surface area contributed by atoms with E-state index in [2.05, 4.69) is 4.99 Å². The molecule has 0 bridgehead atoms. The first kappa shape index (κ1) is 26.7. The molecule has 0 radical (unpaired) electrons. The summed E-state index contributed by atoms with van der Waals surface area (Å²) in [6.07, 6.45) is 1.49. The predicted molar refractivity (Wildman–Crippen MR) is 139 cm³/mol. The number of benzene rings is 3. The van der Waals surface area contributed by atoms with Gasteiger partial charge in [-0.2, -0.15) is 0 Å². The van der Waals surface area contributed by atoms with E-state index < -0.39 is 17.9 Å². The molecule has 3 aromatic rings. The molecular formula is C27H19Cl2NO8. The maximum Gasteiger partial charge on any atom is 0.363 e. The topological polar surface area (TPSA) is 110 Å². The minimum atomic E-state index is -0.695. The molecule has 0 spiro atoms. The van der Waals surface area contributed by atoms with Gasteiger partial charge in [0.05, 0.1) is 24.8 Å². The van der Waals surface area contributed by atoms with Crippen LogP contribution < -0.4 is 18.9 Å². The normalized spacial score (nSPS) is 13.6. The Morgan fingerprint density at radius 2 is 1.55 bits per heavy atom. The second-order valence-corrected chi connectivity index (χ2v) is 8.56. The van der Waals surface area contributed by atoms with Gasteiger partial charge < -0.3 is 23.7 Å². The summed E-state index contributed by atoms with van der Waals surface area (Å²) in [7, 11) is 2.82. The van der Waals surface area contributed by atoms with Gasteiger partial charge in [-0.3, -0.25) is 4.79 Å². The van der Waals surface area contributed by atoms with Gasteiger partial charge in [0.1, 0.15) is 0 Å². The van der Waals surface area contributed by atoms with Gasteiger partial charge in [0.15, 0.2) is 28.7 Å². The van der Waals surface area contributed by atoms with E-state index >= 15 is 0 Å². The number of nitrogens with zero attached hydrogens (tertiary/aromatic N) is 1. The summed E-state index contributed by atoms with van der Waals surface area (Å²) in [5.74, 6) is -0.959. The third-order valence-corrected chi connectivity index (χ3v) is 5.68. The van der Waals surface area contributed by atoms with Crippen LogP contribution in [-0.4, -0.2) is 38.0 Å². The summed E-state index contributed by atoms with van der Waals surface area (Å²) >= 11 is 12.0. The molecule has 0 aromatic heterocycles. The summed E-state index contributed by atoms with van der Waals surface area (Å²) in [4.78, 5) is 40.6. The average Bonchev–Trinajstić information content (AvgIpc) is 3.24. The maximum absolute atomic E-state index is 12.6.